The van der Waals surface area contributed by atoms with Crippen LogP contribution in [0.2, 0.25) is 0 Å². The summed E-state index contributed by atoms with van der Waals surface area (Å²) < 4.78 is 20.7. The van der Waals surface area contributed by atoms with Gasteiger partial charge in [0, 0.05) is 29.1 Å². The summed E-state index contributed by atoms with van der Waals surface area (Å²) in [6, 6.07) is 10.3. The Morgan fingerprint density at radius 3 is 2.72 bits per heavy atom. The lowest BCUT2D eigenvalue weighted by Crippen LogP contribution is -2.38. The Balaban J connectivity index is 1.70. The highest BCUT2D eigenvalue weighted by Gasteiger charge is 2.40. The quantitative estimate of drug-likeness (QED) is 0.749. The number of anilines is 1. The van der Waals surface area contributed by atoms with Gasteiger partial charge in [-0.2, -0.15) is 0 Å². The van der Waals surface area contributed by atoms with Crippen LogP contribution in [0.1, 0.15) is 25.3 Å². The van der Waals surface area contributed by atoms with Crippen molar-refractivity contribution in [2.75, 3.05) is 5.32 Å². The number of halogens is 2. The van der Waals surface area contributed by atoms with E-state index in [0.29, 0.717) is 18.0 Å². The fourth-order valence-electron chi connectivity index (χ4n) is 3.45. The molecule has 5 heteroatoms. The molecule has 1 heterocycles. The highest BCUT2D eigenvalue weighted by molar-refractivity contribution is 9.10. The fourth-order valence-corrected chi connectivity index (χ4v) is 3.90. The van der Waals surface area contributed by atoms with Crippen LogP contribution in [0.5, 0.6) is 11.5 Å². The van der Waals surface area contributed by atoms with Crippen molar-refractivity contribution in [3.05, 3.63) is 52.3 Å². The van der Waals surface area contributed by atoms with Gasteiger partial charge in [-0.3, -0.25) is 4.79 Å². The summed E-state index contributed by atoms with van der Waals surface area (Å²) >= 11 is 3.51. The molecule has 130 valence electrons. The topological polar surface area (TPSA) is 38.3 Å². The molecule has 0 bridgehead atoms. The molecule has 1 fully saturated rings. The highest BCUT2D eigenvalue weighted by atomic mass is 79.9. The first-order valence-corrected chi connectivity index (χ1v) is 9.38. The number of hydrogen-bond donors (Lipinski definition) is 1. The van der Waals surface area contributed by atoms with E-state index in [1.54, 1.807) is 18.2 Å². The van der Waals surface area contributed by atoms with Crippen LogP contribution in [0.3, 0.4) is 0 Å². The van der Waals surface area contributed by atoms with Gasteiger partial charge < -0.3 is 10.1 Å². The molecule has 2 aliphatic rings. The van der Waals surface area contributed by atoms with Crippen molar-refractivity contribution in [3.8, 4) is 11.5 Å². The Labute approximate surface area is 154 Å². The molecule has 0 saturated heterocycles. The van der Waals surface area contributed by atoms with E-state index >= 15 is 0 Å². The second-order valence-electron chi connectivity index (χ2n) is 6.86. The number of para-hydroxylation sites is 1. The lowest BCUT2D eigenvalue weighted by Gasteiger charge is -2.33. The van der Waals surface area contributed by atoms with Gasteiger partial charge in [0.05, 0.1) is 4.47 Å². The molecular formula is C20H19BrFNO2. The van der Waals surface area contributed by atoms with E-state index in [1.165, 1.54) is 6.07 Å². The minimum atomic E-state index is -0.408. The van der Waals surface area contributed by atoms with Crippen LogP contribution in [0.25, 0.3) is 0 Å². The molecule has 1 saturated carbocycles. The largest absolute Gasteiger partial charge is 0.453 e. The molecule has 0 spiro atoms. The number of ether oxygens (including phenoxy) is 1. The Hall–Kier alpha value is -1.88. The number of nitrogens with one attached hydrogen (secondary N) is 1. The molecule has 2 aromatic rings. The molecule has 25 heavy (non-hydrogen) atoms. The maximum absolute atomic E-state index is 14.0. The molecule has 1 N–H and O–H groups in total. The highest BCUT2D eigenvalue weighted by Crippen LogP contribution is 2.44. The normalized spacial score (nSPS) is 22.0. The molecule has 3 nitrogen and oxygen atoms in total. The molecule has 4 rings (SSSR count). The summed E-state index contributed by atoms with van der Waals surface area (Å²) in [6.07, 6.45) is 2.63. The summed E-state index contributed by atoms with van der Waals surface area (Å²) in [7, 11) is 0. The summed E-state index contributed by atoms with van der Waals surface area (Å²) in [5, 5.41) is 3.43. The van der Waals surface area contributed by atoms with E-state index in [0.717, 1.165) is 28.6 Å². The summed E-state index contributed by atoms with van der Waals surface area (Å²) in [4.78, 5) is 12.6. The zero-order chi connectivity index (χ0) is 17.6. The van der Waals surface area contributed by atoms with E-state index in [1.807, 2.05) is 19.1 Å². The molecule has 0 aromatic heterocycles. The van der Waals surface area contributed by atoms with Crippen molar-refractivity contribution in [3.63, 3.8) is 0 Å². The average Bonchev–Trinajstić information content (AvgIpc) is 3.43. The standard InChI is InChI=1S/C20H19BrFNO2/c1-11-13(19(24)12-6-7-12)10-14-17(23-11)9-8-15(21)20(14)25-18-5-3-2-4-16(18)22/h2-5,8-9,11-13,23H,6-7,10H2,1H3/t11-,13?/m0/s1. The Morgan fingerprint density at radius 2 is 2.00 bits per heavy atom. The minimum absolute atomic E-state index is 0.0720. The maximum Gasteiger partial charge on any atom is 0.165 e. The van der Waals surface area contributed by atoms with Gasteiger partial charge in [0.2, 0.25) is 0 Å². The molecule has 2 aromatic carbocycles. The Kier molecular flexibility index (Phi) is 4.28. The first kappa shape index (κ1) is 16.6. The number of rotatable bonds is 4. The third-order valence-electron chi connectivity index (χ3n) is 5.02. The van der Waals surface area contributed by atoms with Gasteiger partial charge in [-0.25, -0.2) is 4.39 Å². The zero-order valence-electron chi connectivity index (χ0n) is 13.9. The van der Waals surface area contributed by atoms with E-state index in [2.05, 4.69) is 21.2 Å². The number of carbonyl (C=O) groups is 1. The smallest absolute Gasteiger partial charge is 0.165 e. The number of Topliss-reactive ketones (excluding diaryl/α,β-unsaturated/α-hetero) is 1. The van der Waals surface area contributed by atoms with Crippen LogP contribution in [-0.4, -0.2) is 11.8 Å². The Morgan fingerprint density at radius 1 is 1.24 bits per heavy atom. The third kappa shape index (κ3) is 3.17. The molecule has 1 aliphatic heterocycles. The van der Waals surface area contributed by atoms with Crippen molar-refractivity contribution in [2.45, 2.75) is 32.2 Å². The maximum atomic E-state index is 14.0. The molecular weight excluding hydrogens is 385 g/mol. The molecule has 0 amide bonds. The fraction of sp³-hybridized carbons (Fsp3) is 0.350. The van der Waals surface area contributed by atoms with E-state index < -0.39 is 5.82 Å². The van der Waals surface area contributed by atoms with Gasteiger partial charge in [-0.15, -0.1) is 0 Å². The number of benzene rings is 2. The van der Waals surface area contributed by atoms with Gasteiger partial charge in [0.1, 0.15) is 11.5 Å². The second-order valence-corrected chi connectivity index (χ2v) is 7.71. The number of ketones is 1. The monoisotopic (exact) mass is 403 g/mol. The average molecular weight is 404 g/mol. The van der Waals surface area contributed by atoms with Crippen LogP contribution in [0.15, 0.2) is 40.9 Å². The van der Waals surface area contributed by atoms with Gasteiger partial charge >= 0.3 is 0 Å². The van der Waals surface area contributed by atoms with E-state index in [-0.39, 0.29) is 23.6 Å². The van der Waals surface area contributed by atoms with E-state index in [4.69, 9.17) is 4.74 Å². The van der Waals surface area contributed by atoms with E-state index in [9.17, 15) is 9.18 Å². The lowest BCUT2D eigenvalue weighted by molar-refractivity contribution is -0.124. The van der Waals surface area contributed by atoms with Crippen molar-refractivity contribution in [1.82, 2.24) is 0 Å². The first-order valence-electron chi connectivity index (χ1n) is 8.58. The van der Waals surface area contributed by atoms with Gasteiger partial charge in [-0.05, 0) is 66.4 Å². The van der Waals surface area contributed by atoms with Crippen molar-refractivity contribution in [2.24, 2.45) is 11.8 Å². The van der Waals surface area contributed by atoms with Gasteiger partial charge in [-0.1, -0.05) is 12.1 Å². The van der Waals surface area contributed by atoms with Crippen LogP contribution in [0, 0.1) is 17.7 Å². The predicted molar refractivity (Wildman–Crippen MR) is 98.6 cm³/mol. The van der Waals surface area contributed by atoms with Crippen LogP contribution in [0.4, 0.5) is 10.1 Å². The predicted octanol–water partition coefficient (Wildman–Crippen LogP) is 5.33. The summed E-state index contributed by atoms with van der Waals surface area (Å²) in [6.45, 7) is 2.05. The molecule has 2 atom stereocenters. The van der Waals surface area contributed by atoms with Gasteiger partial charge in [0.15, 0.2) is 11.6 Å². The van der Waals surface area contributed by atoms with Crippen molar-refractivity contribution < 1.29 is 13.9 Å². The SMILES string of the molecule is C[C@@H]1Nc2ccc(Br)c(Oc3ccccc3F)c2CC1C(=O)C1CC1. The second kappa shape index (κ2) is 6.45. The van der Waals surface area contributed by atoms with Gasteiger partial charge in [0.25, 0.3) is 0 Å². The number of fused-ring (bicyclic) bond motifs is 1. The minimum Gasteiger partial charge on any atom is -0.453 e. The van der Waals surface area contributed by atoms with Crippen LogP contribution >= 0.6 is 15.9 Å². The third-order valence-corrected chi connectivity index (χ3v) is 5.64. The zero-order valence-corrected chi connectivity index (χ0v) is 15.5. The molecule has 1 aliphatic carbocycles. The van der Waals surface area contributed by atoms with Crippen molar-refractivity contribution in [1.29, 1.82) is 0 Å². The lowest BCUT2D eigenvalue weighted by atomic mass is 9.83. The summed E-state index contributed by atoms with van der Waals surface area (Å²) in [5.41, 5.74) is 1.87. The number of carbonyl (C=O) groups excluding carboxylic acids is 1. The molecule has 1 unspecified atom stereocenters. The van der Waals surface area contributed by atoms with Crippen molar-refractivity contribution >= 4 is 27.4 Å². The van der Waals surface area contributed by atoms with Crippen LogP contribution < -0.4 is 10.1 Å². The summed E-state index contributed by atoms with van der Waals surface area (Å²) in [5.74, 6) is 0.837. The molecule has 0 radical (unpaired) electrons. The van der Waals surface area contributed by atoms with Crippen LogP contribution in [-0.2, 0) is 11.2 Å². The first-order chi connectivity index (χ1) is 12.0. The number of hydrogen-bond acceptors (Lipinski definition) is 3. The Bertz CT molecular complexity index is 834.